The molecule has 23 heavy (non-hydrogen) atoms. The van der Waals surface area contributed by atoms with Gasteiger partial charge in [-0.3, -0.25) is 9.78 Å². The van der Waals surface area contributed by atoms with Crippen molar-refractivity contribution in [1.82, 2.24) is 9.71 Å². The second-order valence-corrected chi connectivity index (χ2v) is 4.86. The van der Waals surface area contributed by atoms with E-state index in [4.69, 9.17) is 5.21 Å². The summed E-state index contributed by atoms with van der Waals surface area (Å²) in [4.78, 5) is 25.0. The van der Waals surface area contributed by atoms with Crippen LogP contribution in [0, 0.1) is 0 Å². The molecule has 1 aromatic heterocycles. The largest absolute Gasteiger partial charge is 0.507 e. The van der Waals surface area contributed by atoms with Crippen LogP contribution in [0.5, 0.6) is 5.75 Å². The van der Waals surface area contributed by atoms with E-state index in [0.29, 0.717) is 11.3 Å². The lowest BCUT2D eigenvalue weighted by molar-refractivity contribution is 0.160. The number of anilines is 2. The smallest absolute Gasteiger partial charge is 0.363 e. The van der Waals surface area contributed by atoms with E-state index in [2.05, 4.69) is 10.3 Å². The van der Waals surface area contributed by atoms with E-state index in [0.717, 1.165) is 11.6 Å². The Balaban J connectivity index is 1.88. The third-order valence-electron chi connectivity index (χ3n) is 3.29. The third-order valence-corrected chi connectivity index (χ3v) is 3.29. The van der Waals surface area contributed by atoms with Gasteiger partial charge >= 0.3 is 5.69 Å². The minimum absolute atomic E-state index is 0.00748. The van der Waals surface area contributed by atoms with Crippen LogP contribution in [0.15, 0.2) is 64.2 Å². The number of para-hydroxylation sites is 1. The van der Waals surface area contributed by atoms with Crippen molar-refractivity contribution in [2.24, 2.45) is 0 Å². The Morgan fingerprint density at radius 1 is 1.00 bits per heavy atom. The Kier molecular flexibility index (Phi) is 3.60. The molecule has 0 aliphatic carbocycles. The number of aromatic nitrogens is 2. The van der Waals surface area contributed by atoms with Crippen molar-refractivity contribution in [2.75, 3.05) is 5.32 Å². The Hall–Kier alpha value is -3.48. The molecule has 7 nitrogen and oxygen atoms in total. The van der Waals surface area contributed by atoms with Gasteiger partial charge in [-0.25, -0.2) is 4.79 Å². The van der Waals surface area contributed by atoms with E-state index in [-0.39, 0.29) is 16.3 Å². The number of aromatic amines is 1. The molecular weight excluding hydrogens is 298 g/mol. The molecule has 0 saturated carbocycles. The first kappa shape index (κ1) is 14.5. The minimum Gasteiger partial charge on any atom is -0.507 e. The van der Waals surface area contributed by atoms with Crippen molar-refractivity contribution in [3.8, 4) is 16.9 Å². The molecule has 0 amide bonds. The Morgan fingerprint density at radius 2 is 1.70 bits per heavy atom. The fourth-order valence-corrected chi connectivity index (χ4v) is 2.16. The maximum Gasteiger partial charge on any atom is 0.363 e. The van der Waals surface area contributed by atoms with Crippen LogP contribution in [0.1, 0.15) is 0 Å². The number of nitrogens with zero attached hydrogens (tertiary/aromatic N) is 1. The molecular formula is C16H13N3O4. The van der Waals surface area contributed by atoms with E-state index in [1.807, 2.05) is 6.07 Å². The molecule has 0 fully saturated rings. The van der Waals surface area contributed by atoms with Gasteiger partial charge in [0.1, 0.15) is 11.6 Å². The molecule has 2 aromatic carbocycles. The zero-order valence-electron chi connectivity index (χ0n) is 11.9. The molecule has 0 atom stereocenters. The Labute approximate surface area is 130 Å². The van der Waals surface area contributed by atoms with E-state index >= 15 is 0 Å². The van der Waals surface area contributed by atoms with Gasteiger partial charge < -0.3 is 15.6 Å². The highest BCUT2D eigenvalue weighted by Crippen LogP contribution is 2.29. The van der Waals surface area contributed by atoms with Gasteiger partial charge in [0.15, 0.2) is 0 Å². The van der Waals surface area contributed by atoms with Gasteiger partial charge in [-0.1, -0.05) is 35.1 Å². The fraction of sp³-hybridized carbons (Fsp3) is 0. The molecule has 1 heterocycles. The SMILES string of the molecule is O=c1cc(Nc2ccc(-c3ccccc3O)cc2)[nH]c(=O)n1O. The van der Waals surface area contributed by atoms with Crippen LogP contribution in [0.3, 0.4) is 0 Å². The maximum atomic E-state index is 11.4. The number of rotatable bonds is 3. The van der Waals surface area contributed by atoms with Crippen LogP contribution in [0.25, 0.3) is 11.1 Å². The van der Waals surface area contributed by atoms with Crippen molar-refractivity contribution in [3.05, 3.63) is 75.4 Å². The van der Waals surface area contributed by atoms with Gasteiger partial charge in [0.05, 0.1) is 0 Å². The van der Waals surface area contributed by atoms with E-state index in [1.165, 1.54) is 0 Å². The standard InChI is InChI=1S/C16H13N3O4/c20-13-4-2-1-3-12(13)10-5-7-11(8-6-10)17-14-9-15(21)19(23)16(22)18-14/h1-9,17,20,23H,(H,18,22). The molecule has 0 aliphatic rings. The summed E-state index contributed by atoms with van der Waals surface area (Å²) in [6, 6.07) is 15.1. The summed E-state index contributed by atoms with van der Waals surface area (Å²) in [5, 5.41) is 21.8. The maximum absolute atomic E-state index is 11.4. The lowest BCUT2D eigenvalue weighted by atomic mass is 10.0. The van der Waals surface area contributed by atoms with Gasteiger partial charge in [-0.2, -0.15) is 0 Å². The first-order valence-corrected chi connectivity index (χ1v) is 6.76. The molecule has 3 rings (SSSR count). The molecule has 0 saturated heterocycles. The predicted octanol–water partition coefficient (Wildman–Crippen LogP) is 1.89. The van der Waals surface area contributed by atoms with Gasteiger partial charge in [0.2, 0.25) is 0 Å². The van der Waals surface area contributed by atoms with Crippen molar-refractivity contribution >= 4 is 11.5 Å². The third kappa shape index (κ3) is 2.93. The van der Waals surface area contributed by atoms with Crippen LogP contribution >= 0.6 is 0 Å². The second kappa shape index (κ2) is 5.72. The first-order valence-electron chi connectivity index (χ1n) is 6.76. The zero-order chi connectivity index (χ0) is 16.4. The van der Waals surface area contributed by atoms with E-state index < -0.39 is 11.2 Å². The number of nitrogens with one attached hydrogen (secondary N) is 2. The van der Waals surface area contributed by atoms with Gasteiger partial charge in [-0.15, -0.1) is 0 Å². The van der Waals surface area contributed by atoms with Crippen LogP contribution in [-0.2, 0) is 0 Å². The lowest BCUT2D eigenvalue weighted by Gasteiger charge is -2.08. The molecule has 0 unspecified atom stereocenters. The highest BCUT2D eigenvalue weighted by atomic mass is 16.5. The Morgan fingerprint density at radius 3 is 2.35 bits per heavy atom. The number of aromatic hydroxyl groups is 1. The topological polar surface area (TPSA) is 107 Å². The molecule has 4 N–H and O–H groups in total. The van der Waals surface area contributed by atoms with Crippen LogP contribution < -0.4 is 16.6 Å². The summed E-state index contributed by atoms with van der Waals surface area (Å²) < 4.78 is -0.00748. The molecule has 0 bridgehead atoms. The van der Waals surface area contributed by atoms with Gasteiger partial charge in [0.25, 0.3) is 5.56 Å². The highest BCUT2D eigenvalue weighted by Gasteiger charge is 2.05. The predicted molar refractivity (Wildman–Crippen MR) is 85.3 cm³/mol. The molecule has 0 spiro atoms. The van der Waals surface area contributed by atoms with E-state index in [9.17, 15) is 14.7 Å². The summed E-state index contributed by atoms with van der Waals surface area (Å²) in [6.07, 6.45) is 0. The summed E-state index contributed by atoms with van der Waals surface area (Å²) >= 11 is 0. The monoisotopic (exact) mass is 311 g/mol. The van der Waals surface area contributed by atoms with Crippen LogP contribution in [0.2, 0.25) is 0 Å². The summed E-state index contributed by atoms with van der Waals surface area (Å²) in [6.45, 7) is 0. The zero-order valence-corrected chi connectivity index (χ0v) is 11.9. The number of hydrogen-bond acceptors (Lipinski definition) is 5. The van der Waals surface area contributed by atoms with Gasteiger partial charge in [0, 0.05) is 17.3 Å². The summed E-state index contributed by atoms with van der Waals surface area (Å²) in [7, 11) is 0. The lowest BCUT2D eigenvalue weighted by Crippen LogP contribution is -2.33. The normalized spacial score (nSPS) is 10.4. The summed E-state index contributed by atoms with van der Waals surface area (Å²) in [5.74, 6) is 0.352. The molecule has 0 aliphatic heterocycles. The fourth-order valence-electron chi connectivity index (χ4n) is 2.16. The van der Waals surface area contributed by atoms with Crippen LogP contribution in [-0.4, -0.2) is 20.0 Å². The van der Waals surface area contributed by atoms with Crippen molar-refractivity contribution in [2.45, 2.75) is 0 Å². The first-order chi connectivity index (χ1) is 11.0. The number of hydrogen-bond donors (Lipinski definition) is 4. The number of H-pyrrole nitrogens is 1. The van der Waals surface area contributed by atoms with Crippen LogP contribution in [0.4, 0.5) is 11.5 Å². The summed E-state index contributed by atoms with van der Waals surface area (Å²) in [5.41, 5.74) is 0.408. The average Bonchev–Trinajstić information content (AvgIpc) is 2.54. The Bertz CT molecular complexity index is 927. The van der Waals surface area contributed by atoms with Crippen molar-refractivity contribution < 1.29 is 10.3 Å². The second-order valence-electron chi connectivity index (χ2n) is 4.86. The number of phenolic OH excluding ortho intramolecular Hbond substituents is 1. The molecule has 7 heteroatoms. The number of benzene rings is 2. The van der Waals surface area contributed by atoms with Crippen molar-refractivity contribution in [1.29, 1.82) is 0 Å². The number of phenols is 1. The molecule has 3 aromatic rings. The molecule has 0 radical (unpaired) electrons. The van der Waals surface area contributed by atoms with Crippen molar-refractivity contribution in [3.63, 3.8) is 0 Å². The average molecular weight is 311 g/mol. The van der Waals surface area contributed by atoms with Gasteiger partial charge in [-0.05, 0) is 23.8 Å². The quantitative estimate of drug-likeness (QED) is 0.553. The minimum atomic E-state index is -0.925. The molecule has 116 valence electrons. The van der Waals surface area contributed by atoms with E-state index in [1.54, 1.807) is 42.5 Å². The highest BCUT2D eigenvalue weighted by molar-refractivity contribution is 5.72.